The molecule has 1 atom stereocenters. The van der Waals surface area contributed by atoms with E-state index >= 15 is 0 Å². The molecule has 0 aliphatic carbocycles. The molecule has 0 saturated carbocycles. The number of amides is 1. The monoisotopic (exact) mass is 416 g/mol. The summed E-state index contributed by atoms with van der Waals surface area (Å²) in [6, 6.07) is 18.9. The summed E-state index contributed by atoms with van der Waals surface area (Å²) in [5, 5.41) is 10.6. The summed E-state index contributed by atoms with van der Waals surface area (Å²) in [5.74, 6) is -1.06. The van der Waals surface area contributed by atoms with Crippen LogP contribution in [-0.4, -0.2) is 35.3 Å². The largest absolute Gasteiger partial charge is 0.480 e. The molecule has 1 amide bonds. The molecule has 7 heteroatoms. The lowest BCUT2D eigenvalue weighted by Crippen LogP contribution is -2.46. The molecule has 2 aromatic heterocycles. The van der Waals surface area contributed by atoms with Crippen LogP contribution in [0.1, 0.15) is 5.56 Å². The molecule has 0 radical (unpaired) electrons. The molecule has 0 unspecified atom stereocenters. The summed E-state index contributed by atoms with van der Waals surface area (Å²) in [7, 11) is 1.21. The number of anilines is 1. The van der Waals surface area contributed by atoms with Crippen LogP contribution in [0.5, 0.6) is 0 Å². The van der Waals surface area contributed by atoms with Crippen molar-refractivity contribution >= 4 is 28.9 Å². The van der Waals surface area contributed by atoms with Gasteiger partial charge in [-0.05, 0) is 29.3 Å². The van der Waals surface area contributed by atoms with Crippen molar-refractivity contribution < 1.29 is 23.8 Å². The van der Waals surface area contributed by atoms with Crippen molar-refractivity contribution in [3.63, 3.8) is 0 Å². The van der Waals surface area contributed by atoms with E-state index in [1.807, 2.05) is 54.6 Å². The van der Waals surface area contributed by atoms with Crippen LogP contribution < -0.4 is 4.90 Å². The second kappa shape index (κ2) is 8.71. The van der Waals surface area contributed by atoms with Gasteiger partial charge in [0, 0.05) is 35.8 Å². The number of aliphatic carboxylic acids is 1. The second-order valence-electron chi connectivity index (χ2n) is 6.96. The van der Waals surface area contributed by atoms with Crippen molar-refractivity contribution in [2.75, 3.05) is 12.0 Å². The van der Waals surface area contributed by atoms with Gasteiger partial charge in [-0.1, -0.05) is 42.5 Å². The summed E-state index contributed by atoms with van der Waals surface area (Å²) in [6.45, 7) is 0. The van der Waals surface area contributed by atoms with Crippen molar-refractivity contribution in [3.8, 4) is 11.1 Å². The summed E-state index contributed by atoms with van der Waals surface area (Å²) >= 11 is 0. The first-order chi connectivity index (χ1) is 15.1. The lowest BCUT2D eigenvalue weighted by Gasteiger charge is -2.25. The average molecular weight is 416 g/mol. The molecule has 7 nitrogen and oxygen atoms in total. The Bertz CT molecular complexity index is 1200. The maximum absolute atomic E-state index is 12.6. The van der Waals surface area contributed by atoms with Crippen molar-refractivity contribution in [3.05, 3.63) is 84.7 Å². The molecule has 2 heterocycles. The molecule has 2 aromatic carbocycles. The number of hydrogen-bond donors (Lipinski definition) is 1. The predicted molar refractivity (Wildman–Crippen MR) is 116 cm³/mol. The summed E-state index contributed by atoms with van der Waals surface area (Å²) in [5.41, 5.74) is 3.17. The topological polar surface area (TPSA) is 92.9 Å². The SMILES string of the molecule is COC(=O)N(c1cc2cc(-c3cccnc3)ccc2o1)[C@H](Cc1ccccc1)C(=O)O. The minimum Gasteiger partial charge on any atom is -0.480 e. The summed E-state index contributed by atoms with van der Waals surface area (Å²) < 4.78 is 10.7. The van der Waals surface area contributed by atoms with Crippen LogP contribution in [0.2, 0.25) is 0 Å². The molecule has 1 N–H and O–H groups in total. The van der Waals surface area contributed by atoms with E-state index in [0.29, 0.717) is 5.58 Å². The first-order valence-corrected chi connectivity index (χ1v) is 9.64. The molecule has 156 valence electrons. The highest BCUT2D eigenvalue weighted by Gasteiger charge is 2.34. The Kier molecular flexibility index (Phi) is 5.66. The van der Waals surface area contributed by atoms with Gasteiger partial charge in [0.25, 0.3) is 0 Å². The quantitative estimate of drug-likeness (QED) is 0.487. The van der Waals surface area contributed by atoms with E-state index in [-0.39, 0.29) is 12.3 Å². The van der Waals surface area contributed by atoms with Crippen LogP contribution in [0.3, 0.4) is 0 Å². The van der Waals surface area contributed by atoms with Gasteiger partial charge in [-0.15, -0.1) is 0 Å². The number of carboxylic acid groups (broad SMARTS) is 1. The minimum atomic E-state index is -1.20. The zero-order valence-electron chi connectivity index (χ0n) is 16.8. The molecule has 0 saturated heterocycles. The maximum atomic E-state index is 12.6. The molecule has 0 spiro atoms. The van der Waals surface area contributed by atoms with Gasteiger partial charge >= 0.3 is 12.1 Å². The fourth-order valence-electron chi connectivity index (χ4n) is 3.46. The Labute approximate surface area is 178 Å². The number of nitrogens with zero attached hydrogens (tertiary/aromatic N) is 2. The third-order valence-corrected chi connectivity index (χ3v) is 4.98. The third-order valence-electron chi connectivity index (χ3n) is 4.98. The number of methoxy groups -OCH3 is 1. The highest BCUT2D eigenvalue weighted by Crippen LogP contribution is 2.32. The van der Waals surface area contributed by atoms with Gasteiger partial charge in [-0.2, -0.15) is 0 Å². The van der Waals surface area contributed by atoms with Crippen LogP contribution in [0.15, 0.2) is 83.5 Å². The van der Waals surface area contributed by atoms with E-state index < -0.39 is 18.1 Å². The number of carboxylic acids is 1. The Morgan fingerprint density at radius 3 is 2.55 bits per heavy atom. The van der Waals surface area contributed by atoms with E-state index in [0.717, 1.165) is 27.0 Å². The van der Waals surface area contributed by atoms with Crippen molar-refractivity contribution in [2.24, 2.45) is 0 Å². The summed E-state index contributed by atoms with van der Waals surface area (Å²) in [4.78, 5) is 29.9. The van der Waals surface area contributed by atoms with Crippen LogP contribution in [-0.2, 0) is 16.0 Å². The minimum absolute atomic E-state index is 0.100. The van der Waals surface area contributed by atoms with Gasteiger partial charge in [0.1, 0.15) is 11.6 Å². The van der Waals surface area contributed by atoms with Gasteiger partial charge in [0.2, 0.25) is 5.88 Å². The number of carbonyl (C=O) groups excluding carboxylic acids is 1. The number of pyridine rings is 1. The molecular formula is C24H20N2O5. The van der Waals surface area contributed by atoms with Gasteiger partial charge < -0.3 is 14.3 Å². The molecule has 0 fully saturated rings. The fourth-order valence-corrected chi connectivity index (χ4v) is 3.46. The van der Waals surface area contributed by atoms with Crippen molar-refractivity contribution in [2.45, 2.75) is 12.5 Å². The number of aromatic nitrogens is 1. The van der Waals surface area contributed by atoms with E-state index in [2.05, 4.69) is 4.98 Å². The molecule has 4 rings (SSSR count). The molecule has 4 aromatic rings. The van der Waals surface area contributed by atoms with Crippen LogP contribution in [0, 0.1) is 0 Å². The number of carbonyl (C=O) groups is 2. The standard InChI is InChI=1S/C24H20N2O5/c1-30-24(29)26(20(23(27)28)12-16-6-3-2-4-7-16)22-14-19-13-17(9-10-21(19)31-22)18-8-5-11-25-15-18/h2-11,13-15,20H,12H2,1H3,(H,27,28)/t20-/m1/s1. The number of furan rings is 1. The Balaban J connectivity index is 1.74. The molecule has 0 aliphatic rings. The Morgan fingerprint density at radius 1 is 1.06 bits per heavy atom. The highest BCUT2D eigenvalue weighted by molar-refractivity contribution is 5.97. The number of rotatable bonds is 6. The molecular weight excluding hydrogens is 396 g/mol. The number of hydrogen-bond acceptors (Lipinski definition) is 5. The lowest BCUT2D eigenvalue weighted by molar-refractivity contribution is -0.138. The van der Waals surface area contributed by atoms with E-state index in [9.17, 15) is 14.7 Å². The molecule has 0 aliphatic heterocycles. The number of benzene rings is 2. The molecule has 31 heavy (non-hydrogen) atoms. The zero-order valence-corrected chi connectivity index (χ0v) is 16.8. The van der Waals surface area contributed by atoms with Gasteiger partial charge in [-0.3, -0.25) is 4.98 Å². The normalized spacial score (nSPS) is 11.8. The second-order valence-corrected chi connectivity index (χ2v) is 6.96. The summed E-state index contributed by atoms with van der Waals surface area (Å²) in [6.07, 6.45) is 2.74. The first kappa shape index (κ1) is 20.2. The van der Waals surface area contributed by atoms with Gasteiger partial charge in [0.15, 0.2) is 0 Å². The zero-order chi connectivity index (χ0) is 21.8. The number of ether oxygens (including phenoxy) is 1. The first-order valence-electron chi connectivity index (χ1n) is 9.64. The van der Waals surface area contributed by atoms with Crippen LogP contribution >= 0.6 is 0 Å². The fraction of sp³-hybridized carbons (Fsp3) is 0.125. The van der Waals surface area contributed by atoms with Crippen LogP contribution in [0.4, 0.5) is 10.7 Å². The van der Waals surface area contributed by atoms with Gasteiger partial charge in [0.05, 0.1) is 7.11 Å². The van der Waals surface area contributed by atoms with E-state index in [4.69, 9.17) is 9.15 Å². The van der Waals surface area contributed by atoms with E-state index in [1.54, 1.807) is 24.5 Å². The van der Waals surface area contributed by atoms with E-state index in [1.165, 1.54) is 7.11 Å². The van der Waals surface area contributed by atoms with Crippen molar-refractivity contribution in [1.29, 1.82) is 0 Å². The third kappa shape index (κ3) is 4.25. The van der Waals surface area contributed by atoms with Crippen molar-refractivity contribution in [1.82, 2.24) is 4.98 Å². The highest BCUT2D eigenvalue weighted by atomic mass is 16.5. The predicted octanol–water partition coefficient (Wildman–Crippen LogP) is 4.76. The lowest BCUT2D eigenvalue weighted by atomic mass is 10.0. The van der Waals surface area contributed by atoms with Gasteiger partial charge in [-0.25, -0.2) is 14.5 Å². The maximum Gasteiger partial charge on any atom is 0.417 e. The number of fused-ring (bicyclic) bond motifs is 1. The average Bonchev–Trinajstić information content (AvgIpc) is 3.22. The molecule has 0 bridgehead atoms. The smallest absolute Gasteiger partial charge is 0.417 e. The van der Waals surface area contributed by atoms with Crippen LogP contribution in [0.25, 0.3) is 22.1 Å². The Morgan fingerprint density at radius 2 is 1.87 bits per heavy atom. The Hall–Kier alpha value is -4.13.